The molecule has 4 rings (SSSR count). The third kappa shape index (κ3) is 3.25. The Morgan fingerprint density at radius 3 is 2.60 bits per heavy atom. The first-order valence-corrected chi connectivity index (χ1v) is 8.66. The highest BCUT2D eigenvalue weighted by molar-refractivity contribution is 14.0. The molecule has 1 heterocycles. The van der Waals surface area contributed by atoms with Crippen LogP contribution in [-0.4, -0.2) is 31.8 Å². The van der Waals surface area contributed by atoms with Crippen LogP contribution in [0.25, 0.3) is 0 Å². The van der Waals surface area contributed by atoms with Gasteiger partial charge < -0.3 is 15.4 Å². The molecule has 3 unspecified atom stereocenters. The Morgan fingerprint density at radius 1 is 1.28 bits per heavy atom. The fourth-order valence-corrected chi connectivity index (χ4v) is 4.70. The van der Waals surface area contributed by atoms with Crippen LogP contribution >= 0.6 is 24.0 Å². The van der Waals surface area contributed by atoms with Gasteiger partial charge in [-0.3, -0.25) is 4.99 Å². The van der Waals surface area contributed by atoms with Crippen LogP contribution in [0.5, 0.6) is 0 Å². The summed E-state index contributed by atoms with van der Waals surface area (Å²) in [4.78, 5) is 4.27. The van der Waals surface area contributed by atoms with Crippen LogP contribution in [0.2, 0.25) is 0 Å². The number of aliphatic imine (C=N–C) groups is 1. The number of rotatable bonds is 3. The van der Waals surface area contributed by atoms with E-state index in [0.717, 1.165) is 19.1 Å². The van der Waals surface area contributed by atoms with E-state index in [9.17, 15) is 8.78 Å². The van der Waals surface area contributed by atoms with Crippen LogP contribution in [0.1, 0.15) is 31.2 Å². The molecule has 0 bridgehead atoms. The summed E-state index contributed by atoms with van der Waals surface area (Å²) in [6.07, 6.45) is 5.17. The number of hydrogen-bond donors (Lipinski definition) is 2. The molecule has 3 aliphatic rings. The van der Waals surface area contributed by atoms with Crippen LogP contribution in [0, 0.1) is 23.0 Å². The SMILES string of the molecule is CN=C(NCc1cc(F)cc(F)c1)NC1C2CCOC2C12CCC2.I. The van der Waals surface area contributed by atoms with Crippen molar-refractivity contribution in [2.45, 2.75) is 44.4 Å². The van der Waals surface area contributed by atoms with Crippen molar-refractivity contribution in [3.05, 3.63) is 35.4 Å². The lowest BCUT2D eigenvalue weighted by molar-refractivity contribution is -0.171. The Bertz CT molecular complexity index is 645. The molecule has 3 atom stereocenters. The van der Waals surface area contributed by atoms with Gasteiger partial charge in [0.2, 0.25) is 0 Å². The smallest absolute Gasteiger partial charge is 0.191 e. The second kappa shape index (κ2) is 7.34. The van der Waals surface area contributed by atoms with E-state index in [4.69, 9.17) is 4.74 Å². The summed E-state index contributed by atoms with van der Waals surface area (Å²) in [5, 5.41) is 6.71. The second-order valence-corrected chi connectivity index (χ2v) is 7.16. The molecule has 7 heteroatoms. The van der Waals surface area contributed by atoms with E-state index in [0.29, 0.717) is 36.1 Å². The molecule has 1 aromatic carbocycles. The molecule has 2 saturated carbocycles. The highest BCUT2D eigenvalue weighted by Crippen LogP contribution is 2.62. The second-order valence-electron chi connectivity index (χ2n) is 7.16. The maximum atomic E-state index is 13.3. The minimum absolute atomic E-state index is 0. The fourth-order valence-electron chi connectivity index (χ4n) is 4.70. The molecule has 0 amide bonds. The molecular weight excluding hydrogens is 439 g/mol. The Hall–Kier alpha value is -0.960. The van der Waals surface area contributed by atoms with Gasteiger partial charge in [0.05, 0.1) is 6.10 Å². The van der Waals surface area contributed by atoms with Crippen molar-refractivity contribution in [1.29, 1.82) is 0 Å². The summed E-state index contributed by atoms with van der Waals surface area (Å²) in [6, 6.07) is 3.93. The van der Waals surface area contributed by atoms with Crippen molar-refractivity contribution in [2.24, 2.45) is 16.3 Å². The summed E-state index contributed by atoms with van der Waals surface area (Å²) in [6.45, 7) is 1.18. The van der Waals surface area contributed by atoms with Crippen LogP contribution < -0.4 is 10.6 Å². The average molecular weight is 463 g/mol. The predicted molar refractivity (Wildman–Crippen MR) is 103 cm³/mol. The van der Waals surface area contributed by atoms with Gasteiger partial charge in [0, 0.05) is 43.6 Å². The Balaban J connectivity index is 0.00000182. The van der Waals surface area contributed by atoms with Crippen molar-refractivity contribution in [1.82, 2.24) is 10.6 Å². The maximum Gasteiger partial charge on any atom is 0.191 e. The predicted octanol–water partition coefficient (Wildman–Crippen LogP) is 3.21. The van der Waals surface area contributed by atoms with Gasteiger partial charge >= 0.3 is 0 Å². The molecule has 3 fully saturated rings. The Labute approximate surface area is 163 Å². The molecule has 1 saturated heterocycles. The van der Waals surface area contributed by atoms with Gasteiger partial charge in [0.1, 0.15) is 11.6 Å². The Morgan fingerprint density at radius 2 is 2.00 bits per heavy atom. The maximum absolute atomic E-state index is 13.3. The van der Waals surface area contributed by atoms with E-state index in [1.807, 2.05) is 0 Å². The number of nitrogens with one attached hydrogen (secondary N) is 2. The molecule has 2 aliphatic carbocycles. The van der Waals surface area contributed by atoms with Crippen molar-refractivity contribution in [3.63, 3.8) is 0 Å². The molecular formula is C18H24F2IN3O. The highest BCUT2D eigenvalue weighted by atomic mass is 127. The molecule has 25 heavy (non-hydrogen) atoms. The van der Waals surface area contributed by atoms with Crippen molar-refractivity contribution < 1.29 is 13.5 Å². The third-order valence-corrected chi connectivity index (χ3v) is 5.93. The van der Waals surface area contributed by atoms with Gasteiger partial charge in [-0.1, -0.05) is 6.42 Å². The molecule has 2 N–H and O–H groups in total. The monoisotopic (exact) mass is 463 g/mol. The number of benzene rings is 1. The van der Waals surface area contributed by atoms with E-state index < -0.39 is 11.6 Å². The van der Waals surface area contributed by atoms with Crippen LogP contribution in [0.4, 0.5) is 8.78 Å². The summed E-state index contributed by atoms with van der Waals surface area (Å²) in [5.74, 6) is 0.109. The third-order valence-electron chi connectivity index (χ3n) is 5.93. The molecule has 0 radical (unpaired) electrons. The van der Waals surface area contributed by atoms with Crippen molar-refractivity contribution in [3.8, 4) is 0 Å². The minimum atomic E-state index is -0.562. The highest BCUT2D eigenvalue weighted by Gasteiger charge is 2.66. The van der Waals surface area contributed by atoms with Gasteiger partial charge in [0.15, 0.2) is 5.96 Å². The summed E-state index contributed by atoms with van der Waals surface area (Å²) < 4.78 is 32.5. The zero-order valence-corrected chi connectivity index (χ0v) is 16.6. The minimum Gasteiger partial charge on any atom is -0.377 e. The number of ether oxygens (including phenoxy) is 1. The number of fused-ring (bicyclic) bond motifs is 2. The number of guanidine groups is 1. The number of halogens is 3. The quantitative estimate of drug-likeness (QED) is 0.411. The standard InChI is InChI=1S/C18H23F2N3O.HI/c1-21-17(22-10-11-7-12(19)9-13(20)8-11)23-15-14-3-6-24-16(14)18(15)4-2-5-18;/h7-9,14-16H,2-6,10H2,1H3,(H2,21,22,23);1H. The molecule has 0 aromatic heterocycles. The summed E-state index contributed by atoms with van der Waals surface area (Å²) >= 11 is 0. The summed E-state index contributed by atoms with van der Waals surface area (Å²) in [7, 11) is 1.72. The van der Waals surface area contributed by atoms with Gasteiger partial charge in [0.25, 0.3) is 0 Å². The summed E-state index contributed by atoms with van der Waals surface area (Å²) in [5.41, 5.74) is 0.827. The van der Waals surface area contributed by atoms with Crippen molar-refractivity contribution >= 4 is 29.9 Å². The molecule has 4 nitrogen and oxygen atoms in total. The van der Waals surface area contributed by atoms with Crippen LogP contribution in [0.3, 0.4) is 0 Å². The van der Waals surface area contributed by atoms with Crippen LogP contribution in [0.15, 0.2) is 23.2 Å². The lowest BCUT2D eigenvalue weighted by Crippen LogP contribution is -2.72. The van der Waals surface area contributed by atoms with E-state index >= 15 is 0 Å². The van der Waals surface area contributed by atoms with Crippen molar-refractivity contribution in [2.75, 3.05) is 13.7 Å². The van der Waals surface area contributed by atoms with E-state index in [1.54, 1.807) is 7.05 Å². The zero-order valence-electron chi connectivity index (χ0n) is 14.2. The average Bonchev–Trinajstić information content (AvgIpc) is 2.90. The first-order chi connectivity index (χ1) is 11.6. The molecule has 138 valence electrons. The first-order valence-electron chi connectivity index (χ1n) is 8.66. The molecule has 1 spiro atoms. The zero-order chi connectivity index (χ0) is 16.7. The normalized spacial score (nSPS) is 29.2. The molecule has 1 aliphatic heterocycles. The van der Waals surface area contributed by atoms with Gasteiger partial charge in [-0.05, 0) is 37.0 Å². The van der Waals surface area contributed by atoms with E-state index in [-0.39, 0.29) is 29.4 Å². The van der Waals surface area contributed by atoms with Gasteiger partial charge in [-0.2, -0.15) is 0 Å². The van der Waals surface area contributed by atoms with Gasteiger partial charge in [-0.25, -0.2) is 8.78 Å². The first kappa shape index (κ1) is 18.8. The van der Waals surface area contributed by atoms with E-state index in [2.05, 4.69) is 15.6 Å². The van der Waals surface area contributed by atoms with E-state index in [1.165, 1.54) is 31.4 Å². The number of nitrogens with zero attached hydrogens (tertiary/aromatic N) is 1. The largest absolute Gasteiger partial charge is 0.377 e. The Kier molecular flexibility index (Phi) is 5.53. The molecule has 1 aromatic rings. The van der Waals surface area contributed by atoms with Crippen LogP contribution in [-0.2, 0) is 11.3 Å². The lowest BCUT2D eigenvalue weighted by Gasteiger charge is -2.63. The topological polar surface area (TPSA) is 45.7 Å². The fraction of sp³-hybridized carbons (Fsp3) is 0.611. The lowest BCUT2D eigenvalue weighted by atomic mass is 9.46. The van der Waals surface area contributed by atoms with Gasteiger partial charge in [-0.15, -0.1) is 24.0 Å². The number of hydrogen-bond acceptors (Lipinski definition) is 2.